The van der Waals surface area contributed by atoms with Crippen LogP contribution in [0.5, 0.6) is 5.75 Å². The van der Waals surface area contributed by atoms with Crippen LogP contribution in [0.15, 0.2) is 24.4 Å². The predicted molar refractivity (Wildman–Crippen MR) is 74.2 cm³/mol. The Morgan fingerprint density at radius 3 is 3.00 bits per heavy atom. The van der Waals surface area contributed by atoms with Crippen LogP contribution >= 0.6 is 0 Å². The molecule has 0 unspecified atom stereocenters. The van der Waals surface area contributed by atoms with Gasteiger partial charge in [-0.3, -0.25) is 0 Å². The molecule has 1 aliphatic heterocycles. The number of ether oxygens (including phenoxy) is 1. The third-order valence-corrected chi connectivity index (χ3v) is 3.89. The van der Waals surface area contributed by atoms with Gasteiger partial charge in [-0.15, -0.1) is 0 Å². The van der Waals surface area contributed by atoms with E-state index in [0.717, 1.165) is 24.3 Å². The van der Waals surface area contributed by atoms with Gasteiger partial charge in [-0.1, -0.05) is 0 Å². The SMILES string of the molecule is COc1ccc2c(c1)CCn1cc(CC#N)c(C)c1-2. The molecule has 2 heterocycles. The summed E-state index contributed by atoms with van der Waals surface area (Å²) < 4.78 is 7.57. The van der Waals surface area contributed by atoms with Crippen LogP contribution in [0.2, 0.25) is 0 Å². The van der Waals surface area contributed by atoms with Crippen molar-refractivity contribution in [2.45, 2.75) is 26.3 Å². The number of benzene rings is 1. The van der Waals surface area contributed by atoms with Crippen molar-refractivity contribution in [2.75, 3.05) is 7.11 Å². The van der Waals surface area contributed by atoms with Crippen LogP contribution in [0.1, 0.15) is 16.7 Å². The Bertz CT molecular complexity index is 677. The lowest BCUT2D eigenvalue weighted by molar-refractivity contribution is 0.414. The number of hydrogen-bond donors (Lipinski definition) is 0. The summed E-state index contributed by atoms with van der Waals surface area (Å²) in [4.78, 5) is 0. The molecule has 19 heavy (non-hydrogen) atoms. The molecule has 0 radical (unpaired) electrons. The third kappa shape index (κ3) is 1.80. The van der Waals surface area contributed by atoms with Crippen molar-refractivity contribution in [3.05, 3.63) is 41.1 Å². The summed E-state index contributed by atoms with van der Waals surface area (Å²) in [5.74, 6) is 0.911. The fourth-order valence-corrected chi connectivity index (χ4v) is 2.89. The van der Waals surface area contributed by atoms with E-state index in [2.05, 4.69) is 35.9 Å². The highest BCUT2D eigenvalue weighted by Crippen LogP contribution is 2.36. The van der Waals surface area contributed by atoms with Crippen LogP contribution < -0.4 is 4.74 Å². The van der Waals surface area contributed by atoms with Gasteiger partial charge < -0.3 is 9.30 Å². The van der Waals surface area contributed by atoms with Crippen molar-refractivity contribution in [2.24, 2.45) is 0 Å². The van der Waals surface area contributed by atoms with E-state index in [1.807, 2.05) is 6.07 Å². The first-order valence-electron chi connectivity index (χ1n) is 6.47. The predicted octanol–water partition coefficient (Wildman–Crippen LogP) is 3.09. The molecule has 3 nitrogen and oxygen atoms in total. The molecule has 2 aromatic rings. The summed E-state index contributed by atoms with van der Waals surface area (Å²) in [5, 5.41) is 8.89. The zero-order chi connectivity index (χ0) is 13.4. The summed E-state index contributed by atoms with van der Waals surface area (Å²) in [5.41, 5.74) is 6.23. The van der Waals surface area contributed by atoms with Crippen LogP contribution in [0, 0.1) is 18.3 Å². The van der Waals surface area contributed by atoms with E-state index >= 15 is 0 Å². The minimum atomic E-state index is 0.483. The fourth-order valence-electron chi connectivity index (χ4n) is 2.89. The topological polar surface area (TPSA) is 38.0 Å². The Hall–Kier alpha value is -2.21. The zero-order valence-corrected chi connectivity index (χ0v) is 11.2. The van der Waals surface area contributed by atoms with Gasteiger partial charge in [-0.2, -0.15) is 5.26 Å². The molecular weight excluding hydrogens is 236 g/mol. The van der Waals surface area contributed by atoms with E-state index in [-0.39, 0.29) is 0 Å². The maximum absolute atomic E-state index is 8.89. The molecule has 3 heteroatoms. The standard InChI is InChI=1S/C16H16N2O/c1-11-13(5-7-17)10-18-8-6-12-9-14(19-2)3-4-15(12)16(11)18/h3-4,9-10H,5-6,8H2,1-2H3. The fraction of sp³-hybridized carbons (Fsp3) is 0.312. The second-order valence-electron chi connectivity index (χ2n) is 4.93. The second kappa shape index (κ2) is 4.47. The van der Waals surface area contributed by atoms with Crippen molar-refractivity contribution >= 4 is 0 Å². The van der Waals surface area contributed by atoms with E-state index < -0.39 is 0 Å². The molecule has 0 bridgehead atoms. The minimum Gasteiger partial charge on any atom is -0.497 e. The van der Waals surface area contributed by atoms with Gasteiger partial charge in [-0.25, -0.2) is 0 Å². The van der Waals surface area contributed by atoms with Crippen LogP contribution in [-0.2, 0) is 19.4 Å². The number of fused-ring (bicyclic) bond motifs is 3. The summed E-state index contributed by atoms with van der Waals surface area (Å²) in [6.07, 6.45) is 3.62. The minimum absolute atomic E-state index is 0.483. The first kappa shape index (κ1) is 11.9. The number of methoxy groups -OCH3 is 1. The van der Waals surface area contributed by atoms with E-state index in [4.69, 9.17) is 10.00 Å². The quantitative estimate of drug-likeness (QED) is 0.823. The van der Waals surface area contributed by atoms with Crippen LogP contribution in [0.4, 0.5) is 0 Å². The van der Waals surface area contributed by atoms with Gasteiger partial charge in [0.1, 0.15) is 5.75 Å². The van der Waals surface area contributed by atoms with Crippen LogP contribution in [-0.4, -0.2) is 11.7 Å². The van der Waals surface area contributed by atoms with Crippen molar-refractivity contribution in [1.29, 1.82) is 5.26 Å². The van der Waals surface area contributed by atoms with E-state index in [0.29, 0.717) is 6.42 Å². The Labute approximate surface area is 113 Å². The van der Waals surface area contributed by atoms with Gasteiger partial charge in [0.2, 0.25) is 0 Å². The molecule has 0 saturated carbocycles. The summed E-state index contributed by atoms with van der Waals surface area (Å²) >= 11 is 0. The highest BCUT2D eigenvalue weighted by atomic mass is 16.5. The smallest absolute Gasteiger partial charge is 0.119 e. The van der Waals surface area contributed by atoms with E-state index in [9.17, 15) is 0 Å². The number of rotatable bonds is 2. The molecule has 0 fully saturated rings. The molecule has 1 aromatic carbocycles. The Morgan fingerprint density at radius 1 is 1.42 bits per heavy atom. The molecule has 3 rings (SSSR count). The molecule has 1 aromatic heterocycles. The van der Waals surface area contributed by atoms with Crippen molar-refractivity contribution in [1.82, 2.24) is 4.57 Å². The zero-order valence-electron chi connectivity index (χ0n) is 11.2. The molecule has 0 atom stereocenters. The largest absolute Gasteiger partial charge is 0.497 e. The first-order valence-corrected chi connectivity index (χ1v) is 6.47. The normalized spacial score (nSPS) is 12.5. The number of hydrogen-bond acceptors (Lipinski definition) is 2. The van der Waals surface area contributed by atoms with Crippen LogP contribution in [0.3, 0.4) is 0 Å². The van der Waals surface area contributed by atoms with Gasteiger partial charge in [0.25, 0.3) is 0 Å². The Morgan fingerprint density at radius 2 is 2.26 bits per heavy atom. The average Bonchev–Trinajstić information content (AvgIpc) is 2.76. The van der Waals surface area contributed by atoms with Crippen molar-refractivity contribution in [3.63, 3.8) is 0 Å². The molecule has 96 valence electrons. The molecule has 0 spiro atoms. The van der Waals surface area contributed by atoms with Gasteiger partial charge in [0.15, 0.2) is 0 Å². The van der Waals surface area contributed by atoms with Gasteiger partial charge >= 0.3 is 0 Å². The third-order valence-electron chi connectivity index (χ3n) is 3.89. The molecule has 0 saturated heterocycles. The van der Waals surface area contributed by atoms with E-state index in [1.165, 1.54) is 22.4 Å². The summed E-state index contributed by atoms with van der Waals surface area (Å²) in [6.45, 7) is 3.08. The molecule has 0 N–H and O–H groups in total. The lowest BCUT2D eigenvalue weighted by Gasteiger charge is -2.20. The molecular formula is C16H16N2O. The lowest BCUT2D eigenvalue weighted by Crippen LogP contribution is -2.10. The van der Waals surface area contributed by atoms with E-state index in [1.54, 1.807) is 7.11 Å². The Balaban J connectivity index is 2.16. The lowest BCUT2D eigenvalue weighted by atomic mass is 9.95. The van der Waals surface area contributed by atoms with Gasteiger partial charge in [0.05, 0.1) is 25.3 Å². The number of aryl methyl sites for hydroxylation is 2. The van der Waals surface area contributed by atoms with Crippen LogP contribution in [0.25, 0.3) is 11.3 Å². The van der Waals surface area contributed by atoms with Crippen molar-refractivity contribution in [3.8, 4) is 23.1 Å². The molecule has 0 amide bonds. The average molecular weight is 252 g/mol. The Kier molecular flexibility index (Phi) is 2.79. The number of nitriles is 1. The van der Waals surface area contributed by atoms with Gasteiger partial charge in [0, 0.05) is 18.3 Å². The van der Waals surface area contributed by atoms with Gasteiger partial charge in [-0.05, 0) is 48.2 Å². The maximum Gasteiger partial charge on any atom is 0.119 e. The summed E-state index contributed by atoms with van der Waals surface area (Å²) in [6, 6.07) is 8.50. The molecule has 0 aliphatic carbocycles. The van der Waals surface area contributed by atoms with Crippen molar-refractivity contribution < 1.29 is 4.74 Å². The summed E-state index contributed by atoms with van der Waals surface area (Å²) in [7, 11) is 1.70. The highest BCUT2D eigenvalue weighted by molar-refractivity contribution is 5.71. The monoisotopic (exact) mass is 252 g/mol. The first-order chi connectivity index (χ1) is 9.24. The molecule has 1 aliphatic rings. The number of aromatic nitrogens is 1. The maximum atomic E-state index is 8.89. The number of nitrogens with zero attached hydrogens (tertiary/aromatic N) is 2. The highest BCUT2D eigenvalue weighted by Gasteiger charge is 2.20. The second-order valence-corrected chi connectivity index (χ2v) is 4.93.